The van der Waals surface area contributed by atoms with Crippen molar-refractivity contribution in [2.45, 2.75) is 13.3 Å². The number of esters is 1. The second kappa shape index (κ2) is 6.08. The summed E-state index contributed by atoms with van der Waals surface area (Å²) < 4.78 is 4.92. The number of aliphatic hydroxyl groups is 1. The van der Waals surface area contributed by atoms with Crippen LogP contribution in [0.5, 0.6) is 0 Å². The average molecular weight is 220 g/mol. The highest BCUT2D eigenvalue weighted by Crippen LogP contribution is 2.13. The maximum absolute atomic E-state index is 11.6. The number of carbonyl (C=O) groups is 1. The minimum atomic E-state index is -0.342. The van der Waals surface area contributed by atoms with Gasteiger partial charge in [-0.2, -0.15) is 0 Å². The third kappa shape index (κ3) is 3.21. The van der Waals surface area contributed by atoms with Gasteiger partial charge in [-0.05, 0) is 36.6 Å². The van der Waals surface area contributed by atoms with Gasteiger partial charge < -0.3 is 9.84 Å². The van der Waals surface area contributed by atoms with Crippen LogP contribution in [0.1, 0.15) is 28.4 Å². The van der Waals surface area contributed by atoms with Crippen molar-refractivity contribution in [3.8, 4) is 0 Å². The molecule has 16 heavy (non-hydrogen) atoms. The molecule has 3 heteroatoms. The maximum Gasteiger partial charge on any atom is 0.338 e. The van der Waals surface area contributed by atoms with E-state index in [-0.39, 0.29) is 12.6 Å². The van der Waals surface area contributed by atoms with Gasteiger partial charge in [0, 0.05) is 6.61 Å². The SMILES string of the molecule is C=Cc1cc(CCO)cc(C(=O)OCC)c1. The van der Waals surface area contributed by atoms with Crippen LogP contribution in [0.15, 0.2) is 24.8 Å². The Bertz CT molecular complexity index is 383. The molecule has 0 fully saturated rings. The lowest BCUT2D eigenvalue weighted by atomic mass is 10.0. The van der Waals surface area contributed by atoms with Crippen LogP contribution in [0.2, 0.25) is 0 Å². The number of ether oxygens (including phenoxy) is 1. The van der Waals surface area contributed by atoms with Gasteiger partial charge in [0.05, 0.1) is 12.2 Å². The van der Waals surface area contributed by atoms with Crippen molar-refractivity contribution >= 4 is 12.0 Å². The van der Waals surface area contributed by atoms with Crippen LogP contribution in [-0.4, -0.2) is 24.3 Å². The topological polar surface area (TPSA) is 46.5 Å². The summed E-state index contributed by atoms with van der Waals surface area (Å²) in [6.07, 6.45) is 2.19. The van der Waals surface area contributed by atoms with E-state index < -0.39 is 0 Å². The molecule has 0 bridgehead atoms. The van der Waals surface area contributed by atoms with Gasteiger partial charge in [-0.25, -0.2) is 4.79 Å². The molecule has 0 aromatic heterocycles. The monoisotopic (exact) mass is 220 g/mol. The predicted octanol–water partition coefficient (Wildman–Crippen LogP) is 2.04. The molecule has 86 valence electrons. The number of aliphatic hydroxyl groups excluding tert-OH is 1. The second-order valence-electron chi connectivity index (χ2n) is 3.36. The summed E-state index contributed by atoms with van der Waals surface area (Å²) in [5.41, 5.74) is 2.26. The first-order valence-electron chi connectivity index (χ1n) is 5.25. The molecular weight excluding hydrogens is 204 g/mol. The minimum Gasteiger partial charge on any atom is -0.462 e. The van der Waals surface area contributed by atoms with Crippen molar-refractivity contribution in [2.24, 2.45) is 0 Å². The molecule has 1 N–H and O–H groups in total. The van der Waals surface area contributed by atoms with Crippen LogP contribution >= 0.6 is 0 Å². The fourth-order valence-electron chi connectivity index (χ4n) is 1.44. The Kier molecular flexibility index (Phi) is 4.73. The minimum absolute atomic E-state index is 0.0584. The van der Waals surface area contributed by atoms with Gasteiger partial charge in [-0.1, -0.05) is 18.7 Å². The molecule has 3 nitrogen and oxygen atoms in total. The molecule has 0 radical (unpaired) electrons. The summed E-state index contributed by atoms with van der Waals surface area (Å²) in [6, 6.07) is 5.36. The molecule has 0 aliphatic carbocycles. The molecule has 0 saturated heterocycles. The fourth-order valence-corrected chi connectivity index (χ4v) is 1.44. The number of rotatable bonds is 5. The normalized spacial score (nSPS) is 9.88. The number of benzene rings is 1. The van der Waals surface area contributed by atoms with E-state index in [2.05, 4.69) is 6.58 Å². The van der Waals surface area contributed by atoms with Crippen molar-refractivity contribution in [1.29, 1.82) is 0 Å². The Morgan fingerprint density at radius 3 is 2.81 bits per heavy atom. The Hall–Kier alpha value is -1.61. The predicted molar refractivity (Wildman–Crippen MR) is 63.3 cm³/mol. The molecule has 0 amide bonds. The standard InChI is InChI=1S/C13H16O3/c1-3-10-7-11(5-6-14)9-12(8-10)13(15)16-4-2/h3,7-9,14H,1,4-6H2,2H3. The van der Waals surface area contributed by atoms with Crippen LogP contribution in [0.4, 0.5) is 0 Å². The zero-order chi connectivity index (χ0) is 12.0. The van der Waals surface area contributed by atoms with Crippen molar-refractivity contribution in [3.63, 3.8) is 0 Å². The molecule has 1 aromatic carbocycles. The molecule has 0 saturated carbocycles. The molecule has 0 spiro atoms. The van der Waals surface area contributed by atoms with E-state index in [4.69, 9.17) is 9.84 Å². The third-order valence-corrected chi connectivity index (χ3v) is 2.16. The van der Waals surface area contributed by atoms with Gasteiger partial charge >= 0.3 is 5.97 Å². The van der Waals surface area contributed by atoms with Crippen LogP contribution < -0.4 is 0 Å². The molecule has 1 rings (SSSR count). The molecule has 0 unspecified atom stereocenters. The summed E-state index contributed by atoms with van der Waals surface area (Å²) in [6.45, 7) is 5.84. The average Bonchev–Trinajstić information content (AvgIpc) is 2.29. The number of carbonyl (C=O) groups excluding carboxylic acids is 1. The molecular formula is C13H16O3. The molecule has 0 heterocycles. The van der Waals surface area contributed by atoms with Crippen molar-refractivity contribution in [3.05, 3.63) is 41.5 Å². The van der Waals surface area contributed by atoms with E-state index in [1.54, 1.807) is 25.1 Å². The summed E-state index contributed by atoms with van der Waals surface area (Å²) in [5, 5.41) is 8.87. The van der Waals surface area contributed by atoms with Gasteiger partial charge in [0.25, 0.3) is 0 Å². The van der Waals surface area contributed by atoms with Gasteiger partial charge in [0.1, 0.15) is 0 Å². The first-order chi connectivity index (χ1) is 7.71. The van der Waals surface area contributed by atoms with Crippen molar-refractivity contribution in [2.75, 3.05) is 13.2 Å². The highest BCUT2D eigenvalue weighted by Gasteiger charge is 2.08. The van der Waals surface area contributed by atoms with E-state index in [9.17, 15) is 4.79 Å². The summed E-state index contributed by atoms with van der Waals surface area (Å²) in [7, 11) is 0. The first kappa shape index (κ1) is 12.5. The zero-order valence-electron chi connectivity index (χ0n) is 9.40. The van der Waals surface area contributed by atoms with E-state index in [1.165, 1.54) is 0 Å². The maximum atomic E-state index is 11.6. The highest BCUT2D eigenvalue weighted by molar-refractivity contribution is 5.90. The summed E-state index contributed by atoms with van der Waals surface area (Å²) >= 11 is 0. The molecule has 0 aliphatic heterocycles. The van der Waals surface area contributed by atoms with E-state index >= 15 is 0 Å². The lowest BCUT2D eigenvalue weighted by molar-refractivity contribution is 0.0526. The fraction of sp³-hybridized carbons (Fsp3) is 0.308. The molecule has 0 atom stereocenters. The molecule has 1 aromatic rings. The second-order valence-corrected chi connectivity index (χ2v) is 3.36. The van der Waals surface area contributed by atoms with Gasteiger partial charge in [0.2, 0.25) is 0 Å². The van der Waals surface area contributed by atoms with E-state index in [0.717, 1.165) is 11.1 Å². The Labute approximate surface area is 95.4 Å². The van der Waals surface area contributed by atoms with Crippen molar-refractivity contribution in [1.82, 2.24) is 0 Å². The smallest absolute Gasteiger partial charge is 0.338 e. The Morgan fingerprint density at radius 1 is 1.50 bits per heavy atom. The third-order valence-electron chi connectivity index (χ3n) is 2.16. The van der Waals surface area contributed by atoms with Crippen LogP contribution in [0.3, 0.4) is 0 Å². The van der Waals surface area contributed by atoms with Gasteiger partial charge in [0.15, 0.2) is 0 Å². The Balaban J connectivity index is 3.03. The van der Waals surface area contributed by atoms with E-state index in [0.29, 0.717) is 18.6 Å². The highest BCUT2D eigenvalue weighted by atomic mass is 16.5. The molecule has 0 aliphatic rings. The number of hydrogen-bond donors (Lipinski definition) is 1. The van der Waals surface area contributed by atoms with Crippen LogP contribution in [-0.2, 0) is 11.2 Å². The van der Waals surface area contributed by atoms with E-state index in [1.807, 2.05) is 6.07 Å². The van der Waals surface area contributed by atoms with Gasteiger partial charge in [-0.15, -0.1) is 0 Å². The zero-order valence-corrected chi connectivity index (χ0v) is 9.40. The summed E-state index contributed by atoms with van der Waals surface area (Å²) in [4.78, 5) is 11.6. The lowest BCUT2D eigenvalue weighted by Crippen LogP contribution is -2.06. The first-order valence-corrected chi connectivity index (χ1v) is 5.25. The quantitative estimate of drug-likeness (QED) is 0.772. The van der Waals surface area contributed by atoms with Crippen molar-refractivity contribution < 1.29 is 14.6 Å². The summed E-state index contributed by atoms with van der Waals surface area (Å²) in [5.74, 6) is -0.342. The van der Waals surface area contributed by atoms with Gasteiger partial charge in [-0.3, -0.25) is 0 Å². The largest absolute Gasteiger partial charge is 0.462 e. The lowest BCUT2D eigenvalue weighted by Gasteiger charge is -2.06. The van der Waals surface area contributed by atoms with Crippen LogP contribution in [0, 0.1) is 0 Å². The van der Waals surface area contributed by atoms with Crippen LogP contribution in [0.25, 0.3) is 6.08 Å². The number of hydrogen-bond acceptors (Lipinski definition) is 3. The Morgan fingerprint density at radius 2 is 2.25 bits per heavy atom.